The highest BCUT2D eigenvalue weighted by Gasteiger charge is 2.64. The lowest BCUT2D eigenvalue weighted by atomic mass is 9.70. The van der Waals surface area contributed by atoms with Gasteiger partial charge in [0.25, 0.3) is 0 Å². The predicted molar refractivity (Wildman–Crippen MR) is 93.5 cm³/mol. The Kier molecular flexibility index (Phi) is 2.76. The maximum Gasteiger partial charge on any atom is 0.169 e. The third kappa shape index (κ3) is 1.57. The van der Waals surface area contributed by atoms with E-state index in [0.29, 0.717) is 6.42 Å². The van der Waals surface area contributed by atoms with Crippen LogP contribution in [-0.2, 0) is 10.4 Å². The molecule has 5 rings (SSSR count). The molecule has 2 aromatic rings. The average Bonchev–Trinajstić information content (AvgIpc) is 3.03. The third-order valence-electron chi connectivity index (χ3n) is 6.38. The molecule has 1 N–H and O–H groups in total. The zero-order valence-electron chi connectivity index (χ0n) is 13.7. The van der Waals surface area contributed by atoms with E-state index in [-0.39, 0.29) is 23.5 Å². The molecule has 0 unspecified atom stereocenters. The largest absolute Gasteiger partial charge is 0.377 e. The average molecular weight is 316 g/mol. The van der Waals surface area contributed by atoms with Gasteiger partial charge in [-0.25, -0.2) is 0 Å². The van der Waals surface area contributed by atoms with Gasteiger partial charge in [0.15, 0.2) is 11.4 Å². The van der Waals surface area contributed by atoms with Crippen LogP contribution in [0, 0.1) is 18.8 Å². The Hall–Kier alpha value is -2.19. The minimum Gasteiger partial charge on any atom is -0.377 e. The number of benzene rings is 2. The number of carbonyl (C=O) groups is 1. The van der Waals surface area contributed by atoms with E-state index in [2.05, 4.69) is 31.2 Å². The Morgan fingerprint density at radius 2 is 1.83 bits per heavy atom. The summed E-state index contributed by atoms with van der Waals surface area (Å²) >= 11 is 0. The molecule has 120 valence electrons. The fourth-order valence-corrected chi connectivity index (χ4v) is 5.48. The van der Waals surface area contributed by atoms with Crippen LogP contribution in [0.15, 0.2) is 54.6 Å². The van der Waals surface area contributed by atoms with Crippen molar-refractivity contribution in [3.63, 3.8) is 0 Å². The number of rotatable bonds is 1. The molecule has 0 amide bonds. The fourth-order valence-electron chi connectivity index (χ4n) is 5.48. The molecule has 0 aromatic heterocycles. The smallest absolute Gasteiger partial charge is 0.169 e. The Morgan fingerprint density at radius 3 is 2.62 bits per heavy atom. The van der Waals surface area contributed by atoms with Gasteiger partial charge >= 0.3 is 0 Å². The molecule has 3 aliphatic rings. The lowest BCUT2D eigenvalue weighted by Crippen LogP contribution is -2.36. The lowest BCUT2D eigenvalue weighted by Gasteiger charge is -2.34. The van der Waals surface area contributed by atoms with Crippen molar-refractivity contribution in [1.29, 1.82) is 0 Å². The number of allylic oxidation sites excluding steroid dienone is 2. The topological polar surface area (TPSA) is 37.3 Å². The van der Waals surface area contributed by atoms with E-state index in [0.717, 1.165) is 12.0 Å². The zero-order valence-corrected chi connectivity index (χ0v) is 13.7. The van der Waals surface area contributed by atoms with Crippen LogP contribution in [0.3, 0.4) is 0 Å². The third-order valence-corrected chi connectivity index (χ3v) is 6.38. The maximum absolute atomic E-state index is 12.9. The van der Waals surface area contributed by atoms with Crippen LogP contribution in [-0.4, -0.2) is 10.9 Å². The minimum atomic E-state index is -1.29. The molecule has 0 saturated heterocycles. The molecule has 1 fully saturated rings. The standard InChI is InChI=1S/C22H20O2/c1-13-6-5-9-18-20(13)16-11-10-15(14-7-3-2-4-8-14)17-12-19(23)22(18,24)21(16)17/h2-10,16-17,21,24H,11-12H2,1H3/t16-,17-,21+,22+/m0/s1. The number of carbonyl (C=O) groups excluding carboxylic acids is 1. The number of hydrogen-bond acceptors (Lipinski definition) is 2. The quantitative estimate of drug-likeness (QED) is 0.864. The first-order chi connectivity index (χ1) is 11.6. The van der Waals surface area contributed by atoms with Crippen LogP contribution in [0.4, 0.5) is 0 Å². The summed E-state index contributed by atoms with van der Waals surface area (Å²) in [5, 5.41) is 11.5. The van der Waals surface area contributed by atoms with E-state index < -0.39 is 5.60 Å². The Balaban J connectivity index is 1.71. The number of fused-ring (bicyclic) bond motifs is 3. The van der Waals surface area contributed by atoms with Crippen LogP contribution in [0.5, 0.6) is 0 Å². The summed E-state index contributed by atoms with van der Waals surface area (Å²) in [4.78, 5) is 12.9. The van der Waals surface area contributed by atoms with Crippen molar-refractivity contribution < 1.29 is 9.90 Å². The molecule has 1 saturated carbocycles. The van der Waals surface area contributed by atoms with Crippen LogP contribution < -0.4 is 0 Å². The minimum absolute atomic E-state index is 0.00409. The molecular weight excluding hydrogens is 296 g/mol. The van der Waals surface area contributed by atoms with Gasteiger partial charge in [-0.2, -0.15) is 0 Å². The van der Waals surface area contributed by atoms with Gasteiger partial charge in [0.1, 0.15) is 0 Å². The van der Waals surface area contributed by atoms with Gasteiger partial charge in [-0.3, -0.25) is 4.79 Å². The van der Waals surface area contributed by atoms with E-state index in [9.17, 15) is 9.90 Å². The summed E-state index contributed by atoms with van der Waals surface area (Å²) in [5.41, 5.74) is 4.42. The first-order valence-corrected chi connectivity index (χ1v) is 8.73. The summed E-state index contributed by atoms with van der Waals surface area (Å²) in [5.74, 6) is 0.363. The van der Waals surface area contributed by atoms with Crippen molar-refractivity contribution in [1.82, 2.24) is 0 Å². The van der Waals surface area contributed by atoms with Crippen LogP contribution >= 0.6 is 0 Å². The molecule has 3 aliphatic carbocycles. The van der Waals surface area contributed by atoms with Crippen molar-refractivity contribution in [2.24, 2.45) is 11.8 Å². The highest BCUT2D eigenvalue weighted by molar-refractivity contribution is 5.96. The normalized spacial score (nSPS) is 33.2. The van der Waals surface area contributed by atoms with Crippen LogP contribution in [0.2, 0.25) is 0 Å². The van der Waals surface area contributed by atoms with Crippen molar-refractivity contribution >= 4 is 11.4 Å². The van der Waals surface area contributed by atoms with Crippen molar-refractivity contribution in [2.45, 2.75) is 31.3 Å². The van der Waals surface area contributed by atoms with Crippen molar-refractivity contribution in [2.75, 3.05) is 0 Å². The van der Waals surface area contributed by atoms with E-state index in [1.165, 1.54) is 22.3 Å². The molecule has 2 aromatic carbocycles. The molecule has 0 radical (unpaired) electrons. The summed E-state index contributed by atoms with van der Waals surface area (Å²) in [6.07, 6.45) is 3.66. The molecule has 24 heavy (non-hydrogen) atoms. The zero-order chi connectivity index (χ0) is 16.5. The van der Waals surface area contributed by atoms with Gasteiger partial charge in [-0.15, -0.1) is 0 Å². The molecule has 2 nitrogen and oxygen atoms in total. The summed E-state index contributed by atoms with van der Waals surface area (Å²) in [6, 6.07) is 16.3. The SMILES string of the molecule is Cc1cccc2c1[C@@H]1CC=C(c3ccccc3)[C@@H]3CC(=O)[C@@]2(O)[C@@H]31. The molecule has 2 heteroatoms. The predicted octanol–water partition coefficient (Wildman–Crippen LogP) is 3.97. The first kappa shape index (κ1) is 14.2. The van der Waals surface area contributed by atoms with E-state index in [1.54, 1.807) is 0 Å². The van der Waals surface area contributed by atoms with Gasteiger partial charge in [-0.1, -0.05) is 54.6 Å². The summed E-state index contributed by atoms with van der Waals surface area (Å²) in [6.45, 7) is 2.10. The molecule has 4 atom stereocenters. The van der Waals surface area contributed by atoms with Gasteiger partial charge in [-0.05, 0) is 53.0 Å². The first-order valence-electron chi connectivity index (χ1n) is 8.73. The van der Waals surface area contributed by atoms with Gasteiger partial charge in [0.05, 0.1) is 0 Å². The summed E-state index contributed by atoms with van der Waals surface area (Å²) < 4.78 is 0. The second-order valence-electron chi connectivity index (χ2n) is 7.43. The van der Waals surface area contributed by atoms with Gasteiger partial charge in [0.2, 0.25) is 0 Å². The maximum atomic E-state index is 12.9. The molecule has 0 bridgehead atoms. The van der Waals surface area contributed by atoms with Gasteiger partial charge < -0.3 is 5.11 Å². The highest BCUT2D eigenvalue weighted by atomic mass is 16.3. The second kappa shape index (κ2) is 4.67. The Morgan fingerprint density at radius 1 is 1.04 bits per heavy atom. The van der Waals surface area contributed by atoms with Crippen molar-refractivity contribution in [3.05, 3.63) is 76.9 Å². The fraction of sp³-hybridized carbons (Fsp3) is 0.318. The molecule has 0 heterocycles. The number of hydrogen-bond donors (Lipinski definition) is 1. The summed E-state index contributed by atoms with van der Waals surface area (Å²) in [7, 11) is 0. The van der Waals surface area contributed by atoms with E-state index in [1.807, 2.05) is 30.3 Å². The number of aliphatic hydroxyl groups is 1. The van der Waals surface area contributed by atoms with Crippen molar-refractivity contribution in [3.8, 4) is 0 Å². The lowest BCUT2D eigenvalue weighted by molar-refractivity contribution is -0.137. The number of aryl methyl sites for hydroxylation is 1. The molecule has 0 aliphatic heterocycles. The monoisotopic (exact) mass is 316 g/mol. The Labute approximate surface area is 141 Å². The Bertz CT molecular complexity index is 880. The molecule has 0 spiro atoms. The second-order valence-corrected chi connectivity index (χ2v) is 7.43. The van der Waals surface area contributed by atoms with Crippen LogP contribution in [0.25, 0.3) is 5.57 Å². The highest BCUT2D eigenvalue weighted by Crippen LogP contribution is 2.64. The van der Waals surface area contributed by atoms with E-state index >= 15 is 0 Å². The van der Waals surface area contributed by atoms with Crippen LogP contribution in [0.1, 0.15) is 41.0 Å². The number of ketones is 1. The number of Topliss-reactive ketones (excluding diaryl/α,β-unsaturated/α-hetero) is 1. The van der Waals surface area contributed by atoms with Gasteiger partial charge in [0, 0.05) is 12.3 Å². The van der Waals surface area contributed by atoms with E-state index in [4.69, 9.17) is 0 Å². The molecular formula is C22H20O2.